The van der Waals surface area contributed by atoms with Gasteiger partial charge in [0, 0.05) is 18.4 Å². The molecule has 0 aliphatic rings. The second kappa shape index (κ2) is 11.8. The normalized spacial score (nSPS) is 11.7. The highest BCUT2D eigenvalue weighted by atomic mass is 19.1. The van der Waals surface area contributed by atoms with Crippen LogP contribution in [0.25, 0.3) is 0 Å². The van der Waals surface area contributed by atoms with E-state index in [4.69, 9.17) is 4.74 Å². The summed E-state index contributed by atoms with van der Waals surface area (Å²) in [6.07, 6.45) is 2.99. The van der Waals surface area contributed by atoms with Crippen LogP contribution >= 0.6 is 0 Å². The van der Waals surface area contributed by atoms with E-state index in [-0.39, 0.29) is 11.7 Å². The van der Waals surface area contributed by atoms with Crippen LogP contribution in [0.1, 0.15) is 25.8 Å². The van der Waals surface area contributed by atoms with E-state index in [2.05, 4.69) is 39.8 Å². The number of nitrogens with one attached hydrogen (secondary N) is 3. The van der Waals surface area contributed by atoms with Crippen molar-refractivity contribution in [1.82, 2.24) is 9.97 Å². The van der Waals surface area contributed by atoms with Crippen LogP contribution in [-0.2, 0) is 11.2 Å². The molecule has 0 bridgehead atoms. The van der Waals surface area contributed by atoms with E-state index in [0.29, 0.717) is 42.8 Å². The number of anilines is 3. The van der Waals surface area contributed by atoms with Gasteiger partial charge in [0.25, 0.3) is 0 Å². The molecule has 3 N–H and O–H groups in total. The smallest absolute Gasteiger partial charge is 0.246 e. The third-order valence-electron chi connectivity index (χ3n) is 4.97. The van der Waals surface area contributed by atoms with Crippen LogP contribution in [0.4, 0.5) is 21.8 Å². The van der Waals surface area contributed by atoms with Gasteiger partial charge in [0.2, 0.25) is 11.9 Å². The molecule has 2 aromatic carbocycles. The molecular formula is C25H30FN5O2. The van der Waals surface area contributed by atoms with Gasteiger partial charge in [-0.1, -0.05) is 26.0 Å². The van der Waals surface area contributed by atoms with Gasteiger partial charge < -0.3 is 20.7 Å². The molecule has 3 aromatic rings. The molecule has 1 atom stereocenters. The van der Waals surface area contributed by atoms with Crippen molar-refractivity contribution in [3.8, 4) is 5.75 Å². The fraction of sp³-hybridized carbons (Fsp3) is 0.320. The van der Waals surface area contributed by atoms with E-state index in [1.54, 1.807) is 55.8 Å². The number of hydrogen-bond acceptors (Lipinski definition) is 6. The molecule has 3 rings (SSSR count). The Labute approximate surface area is 193 Å². The summed E-state index contributed by atoms with van der Waals surface area (Å²) in [6, 6.07) is 14.9. The Morgan fingerprint density at radius 3 is 2.45 bits per heavy atom. The minimum Gasteiger partial charge on any atom is -0.497 e. The molecule has 0 spiro atoms. The summed E-state index contributed by atoms with van der Waals surface area (Å²) in [5.74, 6) is 1.66. The largest absolute Gasteiger partial charge is 0.497 e. The molecule has 1 aromatic heterocycles. The predicted molar refractivity (Wildman–Crippen MR) is 129 cm³/mol. The molecule has 0 fully saturated rings. The number of amides is 1. The maximum absolute atomic E-state index is 13.0. The Hall–Kier alpha value is -3.68. The zero-order valence-electron chi connectivity index (χ0n) is 19.1. The first-order valence-electron chi connectivity index (χ1n) is 11.0. The standard InChI is InChI=1S/C25H30FN5O2/c1-17(2)16-22(24(32)29-20-8-10-21(33-3)11-9-20)30-23-13-15-28-25(31-23)27-14-12-18-4-6-19(26)7-5-18/h4-11,13,15,17,22H,12,14,16H2,1-3H3,(H,29,32)(H2,27,28,30,31)/t22-/m0/s1. The predicted octanol–water partition coefficient (Wildman–Crippen LogP) is 4.74. The molecular weight excluding hydrogens is 421 g/mol. The molecule has 7 nitrogen and oxygen atoms in total. The lowest BCUT2D eigenvalue weighted by Crippen LogP contribution is -2.36. The van der Waals surface area contributed by atoms with Crippen LogP contribution in [0.3, 0.4) is 0 Å². The van der Waals surface area contributed by atoms with Crippen molar-refractivity contribution in [3.63, 3.8) is 0 Å². The third-order valence-corrected chi connectivity index (χ3v) is 4.97. The van der Waals surface area contributed by atoms with E-state index < -0.39 is 6.04 Å². The molecule has 0 saturated heterocycles. The first-order chi connectivity index (χ1) is 15.9. The number of rotatable bonds is 11. The van der Waals surface area contributed by atoms with Gasteiger partial charge in [-0.2, -0.15) is 4.98 Å². The number of benzene rings is 2. The minimum absolute atomic E-state index is 0.140. The minimum atomic E-state index is -0.464. The average Bonchev–Trinajstić information content (AvgIpc) is 2.80. The van der Waals surface area contributed by atoms with Gasteiger partial charge in [-0.15, -0.1) is 0 Å². The Morgan fingerprint density at radius 2 is 1.79 bits per heavy atom. The van der Waals surface area contributed by atoms with E-state index in [0.717, 1.165) is 11.3 Å². The van der Waals surface area contributed by atoms with Gasteiger partial charge in [0.05, 0.1) is 7.11 Å². The molecule has 8 heteroatoms. The Kier molecular flexibility index (Phi) is 8.57. The van der Waals surface area contributed by atoms with Gasteiger partial charge in [-0.05, 0) is 66.8 Å². The topological polar surface area (TPSA) is 88.2 Å². The number of halogens is 1. The van der Waals surface area contributed by atoms with Crippen LogP contribution in [0.15, 0.2) is 60.8 Å². The third kappa shape index (κ3) is 7.75. The maximum Gasteiger partial charge on any atom is 0.246 e. The van der Waals surface area contributed by atoms with Crippen molar-refractivity contribution < 1.29 is 13.9 Å². The zero-order valence-corrected chi connectivity index (χ0v) is 19.1. The molecule has 33 heavy (non-hydrogen) atoms. The van der Waals surface area contributed by atoms with Gasteiger partial charge >= 0.3 is 0 Å². The highest BCUT2D eigenvalue weighted by Gasteiger charge is 2.20. The Balaban J connectivity index is 1.60. The summed E-state index contributed by atoms with van der Waals surface area (Å²) < 4.78 is 18.2. The highest BCUT2D eigenvalue weighted by Crippen LogP contribution is 2.18. The highest BCUT2D eigenvalue weighted by molar-refractivity contribution is 5.96. The van der Waals surface area contributed by atoms with Crippen molar-refractivity contribution >= 4 is 23.4 Å². The first-order valence-corrected chi connectivity index (χ1v) is 11.0. The van der Waals surface area contributed by atoms with Gasteiger partial charge in [0.15, 0.2) is 0 Å². The quantitative estimate of drug-likeness (QED) is 0.390. The average molecular weight is 452 g/mol. The monoisotopic (exact) mass is 451 g/mol. The lowest BCUT2D eigenvalue weighted by atomic mass is 10.0. The zero-order chi connectivity index (χ0) is 23.6. The second-order valence-electron chi connectivity index (χ2n) is 8.11. The molecule has 0 radical (unpaired) electrons. The molecule has 1 heterocycles. The number of carbonyl (C=O) groups is 1. The van der Waals surface area contributed by atoms with E-state index in [1.807, 2.05) is 0 Å². The summed E-state index contributed by atoms with van der Waals surface area (Å²) in [5, 5.41) is 9.36. The van der Waals surface area contributed by atoms with Gasteiger partial charge in [-0.3, -0.25) is 4.79 Å². The van der Waals surface area contributed by atoms with Crippen molar-refractivity contribution in [2.75, 3.05) is 29.6 Å². The van der Waals surface area contributed by atoms with Crippen molar-refractivity contribution in [1.29, 1.82) is 0 Å². The van der Waals surface area contributed by atoms with Crippen molar-refractivity contribution in [2.24, 2.45) is 5.92 Å². The molecule has 0 aliphatic heterocycles. The molecule has 0 unspecified atom stereocenters. The summed E-state index contributed by atoms with van der Waals surface area (Å²) in [6.45, 7) is 4.73. The van der Waals surface area contributed by atoms with Crippen LogP contribution in [0, 0.1) is 11.7 Å². The lowest BCUT2D eigenvalue weighted by molar-refractivity contribution is -0.117. The lowest BCUT2D eigenvalue weighted by Gasteiger charge is -2.21. The number of hydrogen-bond donors (Lipinski definition) is 3. The molecule has 0 saturated carbocycles. The fourth-order valence-corrected chi connectivity index (χ4v) is 3.28. The summed E-state index contributed by atoms with van der Waals surface area (Å²) in [4.78, 5) is 21.7. The number of methoxy groups -OCH3 is 1. The van der Waals surface area contributed by atoms with Crippen molar-refractivity contribution in [3.05, 3.63) is 72.2 Å². The van der Waals surface area contributed by atoms with Crippen LogP contribution in [0.5, 0.6) is 5.75 Å². The van der Waals surface area contributed by atoms with Crippen LogP contribution < -0.4 is 20.7 Å². The number of nitrogens with zero attached hydrogens (tertiary/aromatic N) is 2. The van der Waals surface area contributed by atoms with E-state index >= 15 is 0 Å². The van der Waals surface area contributed by atoms with Crippen LogP contribution in [0.2, 0.25) is 0 Å². The van der Waals surface area contributed by atoms with Crippen molar-refractivity contribution in [2.45, 2.75) is 32.7 Å². The molecule has 174 valence electrons. The molecule has 1 amide bonds. The summed E-state index contributed by atoms with van der Waals surface area (Å²) in [7, 11) is 1.60. The van der Waals surface area contributed by atoms with Gasteiger partial charge in [-0.25, -0.2) is 9.37 Å². The SMILES string of the molecule is COc1ccc(NC(=O)[C@H](CC(C)C)Nc2ccnc(NCCc3ccc(F)cc3)n2)cc1. The van der Waals surface area contributed by atoms with E-state index in [9.17, 15) is 9.18 Å². The first kappa shape index (κ1) is 24.0. The number of ether oxygens (including phenoxy) is 1. The molecule has 0 aliphatic carbocycles. The summed E-state index contributed by atoms with van der Waals surface area (Å²) in [5.41, 5.74) is 1.72. The second-order valence-corrected chi connectivity index (χ2v) is 8.11. The maximum atomic E-state index is 13.0. The van der Waals surface area contributed by atoms with Crippen LogP contribution in [-0.4, -0.2) is 35.6 Å². The Morgan fingerprint density at radius 1 is 1.06 bits per heavy atom. The Bertz CT molecular complexity index is 1030. The summed E-state index contributed by atoms with van der Waals surface area (Å²) >= 11 is 0. The number of aromatic nitrogens is 2. The number of carbonyl (C=O) groups excluding carboxylic acids is 1. The van der Waals surface area contributed by atoms with E-state index in [1.165, 1.54) is 12.1 Å². The van der Waals surface area contributed by atoms with Gasteiger partial charge in [0.1, 0.15) is 23.4 Å². The fourth-order valence-electron chi connectivity index (χ4n) is 3.28.